The molecule has 0 saturated heterocycles. The molecule has 196 valence electrons. The van der Waals surface area contributed by atoms with Crippen LogP contribution in [0.4, 0.5) is 5.69 Å². The molecule has 7 heteroatoms. The fourth-order valence-corrected chi connectivity index (χ4v) is 5.45. The monoisotopic (exact) mass is 504 g/mol. The maximum Gasteiger partial charge on any atom is 0.308 e. The molecule has 1 saturated carbocycles. The number of aliphatic hydroxyl groups is 1. The zero-order valence-corrected chi connectivity index (χ0v) is 21.9. The predicted molar refractivity (Wildman–Crippen MR) is 143 cm³/mol. The van der Waals surface area contributed by atoms with Crippen LogP contribution < -0.4 is 4.90 Å². The average Bonchev–Trinajstić information content (AvgIpc) is 3.26. The number of likely N-dealkylation sites (N-methyl/N-ethyl adjacent to an activating group) is 1. The van der Waals surface area contributed by atoms with Crippen LogP contribution >= 0.6 is 0 Å². The average molecular weight is 505 g/mol. The number of ketones is 1. The van der Waals surface area contributed by atoms with Crippen LogP contribution in [0.5, 0.6) is 0 Å². The van der Waals surface area contributed by atoms with Gasteiger partial charge < -0.3 is 19.3 Å². The van der Waals surface area contributed by atoms with E-state index in [1.807, 2.05) is 62.4 Å². The molecule has 0 radical (unpaired) electrons. The first kappa shape index (κ1) is 26.6. The summed E-state index contributed by atoms with van der Waals surface area (Å²) in [6.45, 7) is 4.35. The number of nitrogens with zero attached hydrogens (tertiary/aromatic N) is 2. The first-order valence-corrected chi connectivity index (χ1v) is 13.1. The van der Waals surface area contributed by atoms with Gasteiger partial charge in [0.05, 0.1) is 25.3 Å². The molecule has 3 aromatic rings. The number of carbonyl (C=O) groups is 3. The largest absolute Gasteiger partial charge is 0.469 e. The van der Waals surface area contributed by atoms with Gasteiger partial charge in [0.25, 0.3) is 0 Å². The molecule has 1 aliphatic carbocycles. The molecular formula is C30H36N2O5. The number of amides is 1. The molecule has 4 rings (SSSR count). The zero-order chi connectivity index (χ0) is 26.5. The van der Waals surface area contributed by atoms with Crippen molar-refractivity contribution < 1.29 is 24.2 Å². The van der Waals surface area contributed by atoms with Crippen molar-refractivity contribution in [3.05, 3.63) is 65.4 Å². The number of fused-ring (bicyclic) bond motifs is 1. The van der Waals surface area contributed by atoms with E-state index < -0.39 is 0 Å². The maximum atomic E-state index is 13.6. The molecule has 1 N–H and O–H groups in total. The van der Waals surface area contributed by atoms with E-state index in [1.54, 1.807) is 9.47 Å². The molecule has 0 aliphatic heterocycles. The number of Topliss-reactive ketones (excluding diaryl/α,β-unsaturated/α-hetero) is 1. The lowest BCUT2D eigenvalue weighted by Gasteiger charge is -2.26. The Bertz CT molecular complexity index is 1290. The zero-order valence-electron chi connectivity index (χ0n) is 21.9. The summed E-state index contributed by atoms with van der Waals surface area (Å²) in [5, 5.41) is 10.6. The summed E-state index contributed by atoms with van der Waals surface area (Å²) in [5.74, 6) is -0.165. The minimum absolute atomic E-state index is 0.00493. The fourth-order valence-electron chi connectivity index (χ4n) is 5.45. The molecule has 2 aromatic carbocycles. The third kappa shape index (κ3) is 5.93. The number of methoxy groups -OCH3 is 1. The van der Waals surface area contributed by atoms with E-state index in [4.69, 9.17) is 4.74 Å². The first-order valence-electron chi connectivity index (χ1n) is 13.1. The van der Waals surface area contributed by atoms with Gasteiger partial charge in [-0.15, -0.1) is 0 Å². The van der Waals surface area contributed by atoms with E-state index in [0.717, 1.165) is 53.4 Å². The van der Waals surface area contributed by atoms with Crippen LogP contribution in [0, 0.1) is 18.8 Å². The van der Waals surface area contributed by atoms with Gasteiger partial charge in [0.1, 0.15) is 6.54 Å². The number of hydrogen-bond acceptors (Lipinski definition) is 5. The van der Waals surface area contributed by atoms with Gasteiger partial charge in [-0.1, -0.05) is 24.3 Å². The van der Waals surface area contributed by atoms with Crippen LogP contribution in [-0.4, -0.2) is 41.0 Å². The molecule has 37 heavy (non-hydrogen) atoms. The summed E-state index contributed by atoms with van der Waals surface area (Å²) >= 11 is 0. The molecular weight excluding hydrogens is 468 g/mol. The molecule has 1 fully saturated rings. The summed E-state index contributed by atoms with van der Waals surface area (Å²) in [7, 11) is 1.42. The Hall–Kier alpha value is -3.45. The minimum atomic E-state index is -0.169. The van der Waals surface area contributed by atoms with Gasteiger partial charge in [-0.25, -0.2) is 0 Å². The molecule has 1 aliphatic rings. The summed E-state index contributed by atoms with van der Waals surface area (Å²) in [6, 6.07) is 15.3. The highest BCUT2D eigenvalue weighted by Gasteiger charge is 2.29. The van der Waals surface area contributed by atoms with E-state index in [2.05, 4.69) is 0 Å². The predicted octanol–water partition coefficient (Wildman–Crippen LogP) is 5.05. The minimum Gasteiger partial charge on any atom is -0.469 e. The van der Waals surface area contributed by atoms with Gasteiger partial charge >= 0.3 is 5.97 Å². The highest BCUT2D eigenvalue weighted by Crippen LogP contribution is 2.33. The van der Waals surface area contributed by atoms with Crippen molar-refractivity contribution in [1.82, 2.24) is 4.57 Å². The van der Waals surface area contributed by atoms with Crippen LogP contribution in [0.2, 0.25) is 0 Å². The Morgan fingerprint density at radius 2 is 1.81 bits per heavy atom. The van der Waals surface area contributed by atoms with Crippen molar-refractivity contribution in [3.63, 3.8) is 0 Å². The van der Waals surface area contributed by atoms with Crippen LogP contribution in [0.25, 0.3) is 10.9 Å². The van der Waals surface area contributed by atoms with Crippen molar-refractivity contribution in [2.24, 2.45) is 11.8 Å². The van der Waals surface area contributed by atoms with Gasteiger partial charge in [0.2, 0.25) is 5.91 Å². The Morgan fingerprint density at radius 3 is 2.46 bits per heavy atom. The van der Waals surface area contributed by atoms with Crippen molar-refractivity contribution in [1.29, 1.82) is 0 Å². The summed E-state index contributed by atoms with van der Waals surface area (Å²) in [6.07, 6.45) is 3.44. The number of anilines is 1. The standard InChI is InChI=1S/C30H36N2O5/c1-4-31(25-7-5-6-20(2)14-25)29(35)18-32-26-15-22(19-33)10-13-24(26)17-27(32)28(34)16-21-8-11-23(12-9-21)30(36)37-3/h5-7,10,13-15,17,21,23,33H,4,8-9,11-12,16,18-19H2,1-3H3. The Kier molecular flexibility index (Phi) is 8.44. The Labute approximate surface area is 218 Å². The number of aromatic nitrogens is 1. The van der Waals surface area contributed by atoms with Gasteiger partial charge in [-0.2, -0.15) is 0 Å². The maximum absolute atomic E-state index is 13.6. The quantitative estimate of drug-likeness (QED) is 0.326. The second-order valence-corrected chi connectivity index (χ2v) is 10.0. The number of hydrogen-bond donors (Lipinski definition) is 1. The third-order valence-electron chi connectivity index (χ3n) is 7.52. The van der Waals surface area contributed by atoms with Crippen LogP contribution in [0.3, 0.4) is 0 Å². The molecule has 7 nitrogen and oxygen atoms in total. The molecule has 0 unspecified atom stereocenters. The van der Waals surface area contributed by atoms with Gasteiger partial charge in [0.15, 0.2) is 5.78 Å². The highest BCUT2D eigenvalue weighted by molar-refractivity contribution is 6.02. The summed E-state index contributed by atoms with van der Waals surface area (Å²) in [4.78, 5) is 40.7. The lowest BCUT2D eigenvalue weighted by molar-refractivity contribution is -0.146. The van der Waals surface area contributed by atoms with Gasteiger partial charge in [-0.05, 0) is 80.8 Å². The Balaban J connectivity index is 1.60. The van der Waals surface area contributed by atoms with Crippen LogP contribution in [0.15, 0.2) is 48.5 Å². The lowest BCUT2D eigenvalue weighted by Crippen LogP contribution is -2.34. The number of esters is 1. The molecule has 0 atom stereocenters. The SMILES string of the molecule is CCN(C(=O)Cn1c(C(=O)CC2CCC(C(=O)OC)CC2)cc2ccc(CO)cc21)c1cccc(C)c1. The van der Waals surface area contributed by atoms with Crippen molar-refractivity contribution in [2.45, 2.75) is 59.1 Å². The molecule has 0 spiro atoms. The summed E-state index contributed by atoms with van der Waals surface area (Å²) < 4.78 is 6.69. The second kappa shape index (κ2) is 11.7. The molecule has 1 heterocycles. The number of aliphatic hydroxyl groups excluding tert-OH is 1. The number of ether oxygens (including phenoxy) is 1. The van der Waals surface area contributed by atoms with Crippen molar-refractivity contribution in [3.8, 4) is 0 Å². The topological polar surface area (TPSA) is 88.8 Å². The normalized spacial score (nSPS) is 17.5. The number of benzene rings is 2. The highest BCUT2D eigenvalue weighted by atomic mass is 16.5. The van der Waals surface area contributed by atoms with Crippen LogP contribution in [-0.2, 0) is 27.5 Å². The smallest absolute Gasteiger partial charge is 0.308 e. The number of rotatable bonds is 9. The Morgan fingerprint density at radius 1 is 1.05 bits per heavy atom. The molecule has 1 aromatic heterocycles. The van der Waals surface area contributed by atoms with E-state index in [9.17, 15) is 19.5 Å². The van der Waals surface area contributed by atoms with E-state index in [1.165, 1.54) is 7.11 Å². The second-order valence-electron chi connectivity index (χ2n) is 10.0. The van der Waals surface area contributed by atoms with Gasteiger partial charge in [0, 0.05) is 29.6 Å². The van der Waals surface area contributed by atoms with Crippen LogP contribution in [0.1, 0.15) is 60.6 Å². The third-order valence-corrected chi connectivity index (χ3v) is 7.52. The van der Waals surface area contributed by atoms with E-state index in [0.29, 0.717) is 18.7 Å². The molecule has 0 bridgehead atoms. The van der Waals surface area contributed by atoms with Gasteiger partial charge in [-0.3, -0.25) is 14.4 Å². The van der Waals surface area contributed by atoms with E-state index in [-0.39, 0.29) is 42.6 Å². The van der Waals surface area contributed by atoms with Crippen molar-refractivity contribution in [2.75, 3.05) is 18.6 Å². The lowest BCUT2D eigenvalue weighted by atomic mass is 9.79. The summed E-state index contributed by atoms with van der Waals surface area (Å²) in [5.41, 5.74) is 3.90. The fraction of sp³-hybridized carbons (Fsp3) is 0.433. The first-order chi connectivity index (χ1) is 17.8. The number of carbonyl (C=O) groups excluding carboxylic acids is 3. The molecule has 1 amide bonds. The van der Waals surface area contributed by atoms with Crippen molar-refractivity contribution >= 4 is 34.3 Å². The van der Waals surface area contributed by atoms with E-state index >= 15 is 0 Å². The number of aryl methyl sites for hydroxylation is 1.